The number of nitrogen functional groups attached to an aromatic ring is 1. The summed E-state index contributed by atoms with van der Waals surface area (Å²) >= 11 is -1.03. The first-order valence-electron chi connectivity index (χ1n) is 6.10. The van der Waals surface area contributed by atoms with Gasteiger partial charge >= 0.3 is 64.3 Å². The van der Waals surface area contributed by atoms with Crippen molar-refractivity contribution in [3.05, 3.63) is 48.3 Å². The molecule has 1 unspecified atom stereocenters. The van der Waals surface area contributed by atoms with Crippen molar-refractivity contribution in [2.24, 2.45) is 0 Å². The fourth-order valence-electron chi connectivity index (χ4n) is 1.38. The van der Waals surface area contributed by atoms with E-state index in [-0.39, 0.29) is 23.0 Å². The Labute approximate surface area is 137 Å². The van der Waals surface area contributed by atoms with Crippen LogP contribution in [0.3, 0.4) is 0 Å². The average molecular weight is 382 g/mol. The van der Waals surface area contributed by atoms with Gasteiger partial charge in [0.25, 0.3) is 0 Å². The Hall–Kier alpha value is -1.85. The number of Topliss-reactive ketones (excluding diaryl/α,β-unsaturated/α-hetero) is 1. The van der Waals surface area contributed by atoms with E-state index in [0.717, 1.165) is 0 Å². The molecule has 0 aliphatic carbocycles. The number of aromatic hydroxyl groups is 1. The van der Waals surface area contributed by atoms with E-state index in [1.807, 2.05) is 0 Å². The molecule has 0 saturated carbocycles. The van der Waals surface area contributed by atoms with E-state index in [9.17, 15) is 12.7 Å². The van der Waals surface area contributed by atoms with E-state index in [0.29, 0.717) is 10.0 Å². The third kappa shape index (κ3) is 6.28. The number of nitrogens with zero attached hydrogens (tertiary/aromatic N) is 1. The van der Waals surface area contributed by atoms with Crippen molar-refractivity contribution < 1.29 is 17.8 Å². The topological polar surface area (TPSA) is 110 Å². The number of carbonyl (C=O) groups excluding carboxylic acids is 1. The zero-order chi connectivity index (χ0) is 16.5. The molecule has 1 aromatic heterocycles. The molecule has 22 heavy (non-hydrogen) atoms. The number of ketones is 1. The molecule has 116 valence electrons. The molecule has 0 saturated heterocycles. The molecule has 8 heteroatoms. The summed E-state index contributed by atoms with van der Waals surface area (Å²) in [6.45, 7) is 0. The van der Waals surface area contributed by atoms with Crippen LogP contribution in [0.5, 0.6) is 5.75 Å². The molecule has 0 radical (unpaired) electrons. The van der Waals surface area contributed by atoms with Crippen molar-refractivity contribution in [2.75, 3.05) is 17.7 Å². The second kappa shape index (κ2) is 9.22. The Kier molecular flexibility index (Phi) is 7.63. The van der Waals surface area contributed by atoms with E-state index >= 15 is 0 Å². The molecule has 0 aliphatic heterocycles. The van der Waals surface area contributed by atoms with Crippen molar-refractivity contribution in [3.63, 3.8) is 0 Å². The summed E-state index contributed by atoms with van der Waals surface area (Å²) in [6, 6.07) is 9.65. The number of rotatable bonds is 4. The number of nitrogens with two attached hydrogens (primary N) is 1. The number of benzene rings is 1. The van der Waals surface area contributed by atoms with Gasteiger partial charge in [0, 0.05) is 23.3 Å². The first-order valence-corrected chi connectivity index (χ1v) is 9.53. The monoisotopic (exact) mass is 382 g/mol. The SMILES string of the molecule is CS(=O)CC(=O)c1ccccn1.Nc1cc([As]=O)ccc1O. The minimum absolute atomic E-state index is 0.0402. The number of hydrogen-bond acceptors (Lipinski definition) is 6. The molecule has 6 nitrogen and oxygen atoms in total. The van der Waals surface area contributed by atoms with Gasteiger partial charge in [0.1, 0.15) is 5.69 Å². The Morgan fingerprint density at radius 1 is 1.36 bits per heavy atom. The summed E-state index contributed by atoms with van der Waals surface area (Å²) in [4.78, 5) is 15.0. The van der Waals surface area contributed by atoms with Crippen LogP contribution in [0.25, 0.3) is 0 Å². The van der Waals surface area contributed by atoms with Crippen molar-refractivity contribution in [3.8, 4) is 5.75 Å². The van der Waals surface area contributed by atoms with E-state index < -0.39 is 26.5 Å². The normalized spacial score (nSPS) is 11.3. The second-order valence-electron chi connectivity index (χ2n) is 4.19. The van der Waals surface area contributed by atoms with E-state index in [4.69, 9.17) is 10.8 Å². The summed E-state index contributed by atoms with van der Waals surface area (Å²) in [6.07, 6.45) is 3.05. The standard InChI is InChI=1S/C8H9NO2S.C6H6AsNO2/c1-12(11)6-8(10)7-4-2-3-5-9-7;8-5-3-4(7-10)1-2-6(5)9/h2-5H,6H2,1H3;1-3,9H,8H2. The fourth-order valence-corrected chi connectivity index (χ4v) is 2.59. The Bertz CT molecular complexity index is 680. The Morgan fingerprint density at radius 3 is 2.59 bits per heavy atom. The van der Waals surface area contributed by atoms with E-state index in [1.54, 1.807) is 30.5 Å². The van der Waals surface area contributed by atoms with Gasteiger partial charge in [0.2, 0.25) is 0 Å². The maximum absolute atomic E-state index is 11.2. The van der Waals surface area contributed by atoms with Crippen LogP contribution in [0.4, 0.5) is 5.69 Å². The van der Waals surface area contributed by atoms with Gasteiger partial charge in [0.15, 0.2) is 5.78 Å². The van der Waals surface area contributed by atoms with Gasteiger partial charge in [-0.2, -0.15) is 0 Å². The molecule has 2 rings (SSSR count). The van der Waals surface area contributed by atoms with E-state index in [1.165, 1.54) is 18.4 Å². The van der Waals surface area contributed by atoms with Crippen LogP contribution in [0.1, 0.15) is 10.5 Å². The third-order valence-electron chi connectivity index (χ3n) is 2.40. The first-order chi connectivity index (χ1) is 10.4. The zero-order valence-electron chi connectivity index (χ0n) is 11.8. The Balaban J connectivity index is 0.000000224. The molecular weight excluding hydrogens is 367 g/mol. The molecule has 1 aromatic carbocycles. The number of pyridine rings is 1. The molecular formula is C14H15AsN2O4S. The molecule has 0 aliphatic rings. The summed E-state index contributed by atoms with van der Waals surface area (Å²) in [5.41, 5.74) is 5.99. The molecule has 3 N–H and O–H groups in total. The predicted molar refractivity (Wildman–Crippen MR) is 86.1 cm³/mol. The van der Waals surface area contributed by atoms with Gasteiger partial charge in [0.05, 0.1) is 5.75 Å². The quantitative estimate of drug-likeness (QED) is 0.341. The van der Waals surface area contributed by atoms with Crippen LogP contribution in [0, 0.1) is 0 Å². The fraction of sp³-hybridized carbons (Fsp3) is 0.143. The Morgan fingerprint density at radius 2 is 2.09 bits per heavy atom. The van der Waals surface area contributed by atoms with Gasteiger partial charge in [-0.3, -0.25) is 14.0 Å². The number of aromatic nitrogens is 1. The molecule has 0 spiro atoms. The molecule has 0 amide bonds. The summed E-state index contributed by atoms with van der Waals surface area (Å²) in [5.74, 6) is -0.0772. The van der Waals surface area contributed by atoms with Crippen molar-refractivity contribution in [2.45, 2.75) is 0 Å². The number of anilines is 1. The van der Waals surface area contributed by atoms with Crippen LogP contribution in [-0.4, -0.2) is 47.8 Å². The molecule has 2 aromatic rings. The van der Waals surface area contributed by atoms with Crippen molar-refractivity contribution >= 4 is 42.3 Å². The van der Waals surface area contributed by atoms with Gasteiger partial charge in [-0.1, -0.05) is 6.07 Å². The van der Waals surface area contributed by atoms with Gasteiger partial charge < -0.3 is 0 Å². The first kappa shape index (κ1) is 18.2. The van der Waals surface area contributed by atoms with Crippen LogP contribution >= 0.6 is 0 Å². The number of hydrogen-bond donors (Lipinski definition) is 2. The van der Waals surface area contributed by atoms with Crippen LogP contribution in [0.15, 0.2) is 42.6 Å². The van der Waals surface area contributed by atoms with Gasteiger partial charge in [-0.25, -0.2) is 0 Å². The minimum atomic E-state index is -1.09. The average Bonchev–Trinajstić information content (AvgIpc) is 2.51. The van der Waals surface area contributed by atoms with E-state index in [2.05, 4.69) is 4.98 Å². The molecule has 0 fully saturated rings. The molecule has 1 atom stereocenters. The van der Waals surface area contributed by atoms with Crippen molar-refractivity contribution in [1.29, 1.82) is 0 Å². The summed E-state index contributed by atoms with van der Waals surface area (Å²) in [5, 5.41) is 8.92. The van der Waals surface area contributed by atoms with Gasteiger partial charge in [-0.05, 0) is 12.1 Å². The second-order valence-corrected chi connectivity index (χ2v) is 7.09. The molecule has 1 heterocycles. The summed E-state index contributed by atoms with van der Waals surface area (Å²) < 4.78 is 21.7. The molecule has 0 bridgehead atoms. The van der Waals surface area contributed by atoms with Crippen molar-refractivity contribution in [1.82, 2.24) is 4.98 Å². The van der Waals surface area contributed by atoms with Crippen LogP contribution in [0.2, 0.25) is 0 Å². The third-order valence-corrected chi connectivity index (χ3v) is 4.10. The van der Waals surface area contributed by atoms with Crippen LogP contribution in [-0.2, 0) is 14.5 Å². The van der Waals surface area contributed by atoms with Gasteiger partial charge in [-0.15, -0.1) is 0 Å². The predicted octanol–water partition coefficient (Wildman–Crippen LogP) is 0.292. The maximum atomic E-state index is 11.2. The summed E-state index contributed by atoms with van der Waals surface area (Å²) in [7, 11) is -1.09. The van der Waals surface area contributed by atoms with Crippen LogP contribution < -0.4 is 10.1 Å². The number of carbonyl (C=O) groups is 1. The number of phenolic OH excluding ortho intramolecular Hbond substituents is 1. The zero-order valence-corrected chi connectivity index (χ0v) is 14.5. The number of phenols is 1.